The van der Waals surface area contributed by atoms with Gasteiger partial charge in [-0.2, -0.15) is 5.10 Å². The van der Waals surface area contributed by atoms with Gasteiger partial charge in [-0.1, -0.05) is 146 Å². The molecule has 0 spiro atoms. The van der Waals surface area contributed by atoms with E-state index in [0.29, 0.717) is 17.5 Å². The van der Waals surface area contributed by atoms with Crippen LogP contribution < -0.4 is 0 Å². The molecule has 7 heteroatoms. The summed E-state index contributed by atoms with van der Waals surface area (Å²) < 4.78 is 6.69. The summed E-state index contributed by atoms with van der Waals surface area (Å²) in [5.41, 5.74) is 15.1. The molecule has 0 aliphatic carbocycles. The van der Waals surface area contributed by atoms with Crippen molar-refractivity contribution in [1.29, 1.82) is 0 Å². The molecule has 0 aliphatic heterocycles. The minimum absolute atomic E-state index is 0.625. The van der Waals surface area contributed by atoms with Gasteiger partial charge in [-0.25, -0.2) is 19.6 Å². The summed E-state index contributed by atoms with van der Waals surface area (Å²) in [5.74, 6) is 1.90. The predicted molar refractivity (Wildman–Crippen MR) is 273 cm³/mol. The van der Waals surface area contributed by atoms with Crippen LogP contribution in [-0.2, 0) is 0 Å². The van der Waals surface area contributed by atoms with Gasteiger partial charge in [-0.3, -0.25) is 0 Å². The fourth-order valence-corrected chi connectivity index (χ4v) is 9.57. The van der Waals surface area contributed by atoms with Crippen molar-refractivity contribution < 1.29 is 0 Å². The fraction of sp³-hybridized carbons (Fsp3) is 0. The fourth-order valence-electron chi connectivity index (χ4n) is 9.57. The highest BCUT2D eigenvalue weighted by atomic mass is 15.3. The highest BCUT2D eigenvalue weighted by Crippen LogP contribution is 2.40. The van der Waals surface area contributed by atoms with Gasteiger partial charge in [-0.15, -0.1) is 0 Å². The van der Waals surface area contributed by atoms with Crippen LogP contribution in [0.4, 0.5) is 0 Å². The topological polar surface area (TPSA) is 66.3 Å². The number of fused-ring (bicyclic) bond motifs is 6. The van der Waals surface area contributed by atoms with Gasteiger partial charge in [0.1, 0.15) is 0 Å². The van der Waals surface area contributed by atoms with Crippen LogP contribution in [0, 0.1) is 0 Å². The third kappa shape index (κ3) is 6.68. The zero-order chi connectivity index (χ0) is 44.3. The van der Waals surface area contributed by atoms with Crippen LogP contribution in [0.1, 0.15) is 0 Å². The number of rotatable bonds is 8. The molecule has 67 heavy (non-hydrogen) atoms. The predicted octanol–water partition coefficient (Wildman–Crippen LogP) is 14.6. The molecule has 0 saturated carbocycles. The third-order valence-electron chi connectivity index (χ3n) is 12.8. The van der Waals surface area contributed by atoms with Gasteiger partial charge in [0.2, 0.25) is 0 Å². The molecule has 0 aliphatic rings. The molecule has 13 rings (SSSR count). The molecule has 4 heterocycles. The summed E-state index contributed by atoms with van der Waals surface area (Å²) in [6.07, 6.45) is 4.16. The number of aromatic nitrogens is 7. The second-order valence-electron chi connectivity index (χ2n) is 16.8. The number of nitrogens with zero attached hydrogens (tertiary/aromatic N) is 7. The van der Waals surface area contributed by atoms with Crippen molar-refractivity contribution >= 4 is 43.6 Å². The molecule has 314 valence electrons. The van der Waals surface area contributed by atoms with E-state index in [1.165, 1.54) is 21.9 Å². The van der Waals surface area contributed by atoms with Crippen molar-refractivity contribution in [2.75, 3.05) is 0 Å². The first-order chi connectivity index (χ1) is 33.2. The Kier molecular flexibility index (Phi) is 9.03. The van der Waals surface area contributed by atoms with Gasteiger partial charge in [0.05, 0.1) is 34.0 Å². The SMILES string of the molecule is c1ccc(-c2cccc(-n3c4ccc(-c5ccc6c(ccn6-c6cccc(-c7nc(-c8ccccc8)nc(-c8ccccc8)n7)c6)c5)cc4c4ccc5c(cnn5-c5ccccc5)c43)c2)cc1. The highest BCUT2D eigenvalue weighted by molar-refractivity contribution is 6.19. The first-order valence-corrected chi connectivity index (χ1v) is 22.5. The van der Waals surface area contributed by atoms with E-state index < -0.39 is 0 Å². The van der Waals surface area contributed by atoms with E-state index in [4.69, 9.17) is 20.1 Å². The monoisotopic (exact) mass is 857 g/mol. The second-order valence-corrected chi connectivity index (χ2v) is 16.8. The van der Waals surface area contributed by atoms with E-state index in [2.05, 4.69) is 173 Å². The van der Waals surface area contributed by atoms with Crippen molar-refractivity contribution in [2.24, 2.45) is 0 Å². The summed E-state index contributed by atoms with van der Waals surface area (Å²) in [4.78, 5) is 14.9. The summed E-state index contributed by atoms with van der Waals surface area (Å²) in [6.45, 7) is 0. The number of benzene rings is 9. The lowest BCUT2D eigenvalue weighted by Gasteiger charge is -2.12. The summed E-state index contributed by atoms with van der Waals surface area (Å²) >= 11 is 0. The van der Waals surface area contributed by atoms with Crippen molar-refractivity contribution in [2.45, 2.75) is 0 Å². The molecular weight excluding hydrogens is 819 g/mol. The first kappa shape index (κ1) is 38.3. The molecule has 9 aromatic carbocycles. The van der Waals surface area contributed by atoms with E-state index in [1.807, 2.05) is 77.6 Å². The molecule has 0 amide bonds. The minimum Gasteiger partial charge on any atom is -0.317 e. The molecule has 0 N–H and O–H groups in total. The second kappa shape index (κ2) is 15.8. The average molecular weight is 858 g/mol. The standard InChI is InChI=1S/C60H39N7/c1-5-15-40(16-6-1)43-21-13-26-50(36-43)66-55-31-28-45(38-52(55)51-29-32-56-53(57(51)66)39-61-67(56)48-23-11-4-12-24-48)44-27-30-54-46(35-44)33-34-65(54)49-25-14-22-47(37-49)60-63-58(41-17-7-2-8-18-41)62-59(64-60)42-19-9-3-10-20-42/h1-39H. The van der Waals surface area contributed by atoms with Crippen LogP contribution in [0.5, 0.6) is 0 Å². The normalized spacial score (nSPS) is 11.6. The zero-order valence-electron chi connectivity index (χ0n) is 36.1. The average Bonchev–Trinajstić information content (AvgIpc) is 4.13. The Hall–Kier alpha value is -9.20. The van der Waals surface area contributed by atoms with E-state index in [9.17, 15) is 0 Å². The number of hydrogen-bond acceptors (Lipinski definition) is 4. The van der Waals surface area contributed by atoms with Gasteiger partial charge >= 0.3 is 0 Å². The largest absolute Gasteiger partial charge is 0.317 e. The quantitative estimate of drug-likeness (QED) is 0.153. The number of hydrogen-bond donors (Lipinski definition) is 0. The molecule has 0 fully saturated rings. The first-order valence-electron chi connectivity index (χ1n) is 22.5. The third-order valence-corrected chi connectivity index (χ3v) is 12.8. The maximum absolute atomic E-state index is 5.00. The number of para-hydroxylation sites is 1. The molecule has 4 aromatic heterocycles. The molecule has 0 bridgehead atoms. The zero-order valence-corrected chi connectivity index (χ0v) is 36.1. The lowest BCUT2D eigenvalue weighted by atomic mass is 10.0. The van der Waals surface area contributed by atoms with Crippen LogP contribution >= 0.6 is 0 Å². The van der Waals surface area contributed by atoms with Gasteiger partial charge in [0, 0.05) is 55.8 Å². The van der Waals surface area contributed by atoms with Crippen molar-refractivity contribution in [3.63, 3.8) is 0 Å². The molecule has 0 atom stereocenters. The van der Waals surface area contributed by atoms with Crippen LogP contribution in [0.2, 0.25) is 0 Å². The Morgan fingerprint density at radius 1 is 0.313 bits per heavy atom. The van der Waals surface area contributed by atoms with E-state index in [-0.39, 0.29) is 0 Å². The van der Waals surface area contributed by atoms with E-state index >= 15 is 0 Å². The van der Waals surface area contributed by atoms with Gasteiger partial charge < -0.3 is 9.13 Å². The maximum Gasteiger partial charge on any atom is 0.164 e. The Bertz CT molecular complexity index is 3910. The Labute approximate surface area is 386 Å². The molecular formula is C60H39N7. The van der Waals surface area contributed by atoms with Gasteiger partial charge in [0.15, 0.2) is 17.5 Å². The van der Waals surface area contributed by atoms with Crippen molar-refractivity contribution in [3.05, 3.63) is 237 Å². The van der Waals surface area contributed by atoms with Gasteiger partial charge in [-0.05, 0) is 101 Å². The highest BCUT2D eigenvalue weighted by Gasteiger charge is 2.20. The van der Waals surface area contributed by atoms with Crippen LogP contribution in [0.25, 0.3) is 117 Å². The minimum atomic E-state index is 0.625. The van der Waals surface area contributed by atoms with Crippen LogP contribution in [-0.4, -0.2) is 33.9 Å². The summed E-state index contributed by atoms with van der Waals surface area (Å²) in [6, 6.07) is 78.7. The summed E-state index contributed by atoms with van der Waals surface area (Å²) in [5, 5.41) is 9.56. The van der Waals surface area contributed by atoms with E-state index in [1.54, 1.807) is 0 Å². The Morgan fingerprint density at radius 3 is 1.54 bits per heavy atom. The molecule has 7 nitrogen and oxygen atoms in total. The van der Waals surface area contributed by atoms with Crippen molar-refractivity contribution in [1.82, 2.24) is 33.9 Å². The van der Waals surface area contributed by atoms with Crippen molar-refractivity contribution in [3.8, 4) is 73.5 Å². The molecule has 0 saturated heterocycles. The molecule has 13 aromatic rings. The molecule has 0 unspecified atom stereocenters. The molecule has 0 radical (unpaired) electrons. The Balaban J connectivity index is 0.906. The Morgan fingerprint density at radius 2 is 0.836 bits per heavy atom. The van der Waals surface area contributed by atoms with Crippen LogP contribution in [0.15, 0.2) is 237 Å². The van der Waals surface area contributed by atoms with Crippen LogP contribution in [0.3, 0.4) is 0 Å². The van der Waals surface area contributed by atoms with E-state index in [0.717, 1.165) is 77.7 Å². The smallest absolute Gasteiger partial charge is 0.164 e. The van der Waals surface area contributed by atoms with Gasteiger partial charge in [0.25, 0.3) is 0 Å². The lowest BCUT2D eigenvalue weighted by Crippen LogP contribution is -2.00. The maximum atomic E-state index is 5.00. The summed E-state index contributed by atoms with van der Waals surface area (Å²) in [7, 11) is 0. The lowest BCUT2D eigenvalue weighted by molar-refractivity contribution is 0.911.